The van der Waals surface area contributed by atoms with Gasteiger partial charge in [-0.3, -0.25) is 0 Å². The normalized spacial score (nSPS) is 59.2. The molecule has 5 aliphatic rings. The first kappa shape index (κ1) is 7.92. The molecule has 0 heteroatoms. The minimum Gasteiger partial charge on any atom is -0.0673 e. The second kappa shape index (κ2) is 2.36. The fourth-order valence-electron chi connectivity index (χ4n) is 5.80. The number of rotatable bonds is 0. The van der Waals surface area contributed by atoms with Crippen molar-refractivity contribution >= 4 is 0 Å². The number of hydrogen-bond acceptors (Lipinski definition) is 0. The van der Waals surface area contributed by atoms with Crippen LogP contribution < -0.4 is 0 Å². The zero-order chi connectivity index (χ0) is 9.57. The molecule has 0 amide bonds. The van der Waals surface area contributed by atoms with Gasteiger partial charge < -0.3 is 0 Å². The molecule has 4 fully saturated rings. The predicted octanol–water partition coefficient (Wildman–Crippen LogP) is 3.78. The molecule has 0 radical (unpaired) electrons. The Balaban J connectivity index is 1.67. The Kier molecular flexibility index (Phi) is 1.25. The van der Waals surface area contributed by atoms with Crippen molar-refractivity contribution in [2.24, 2.45) is 35.5 Å². The van der Waals surface area contributed by atoms with Crippen LogP contribution in [-0.4, -0.2) is 0 Å². The maximum atomic E-state index is 2.07. The van der Waals surface area contributed by atoms with Crippen molar-refractivity contribution in [1.82, 2.24) is 0 Å². The molecule has 15 heavy (non-hydrogen) atoms. The quantitative estimate of drug-likeness (QED) is 0.522. The van der Waals surface area contributed by atoms with Crippen molar-refractivity contribution in [2.75, 3.05) is 0 Å². The number of hydrogen-bond donors (Lipinski definition) is 0. The zero-order valence-electron chi connectivity index (χ0n) is 9.41. The molecule has 0 aromatic heterocycles. The Bertz CT molecular complexity index is 364. The van der Waals surface area contributed by atoms with E-state index in [0.717, 1.165) is 23.7 Å². The van der Waals surface area contributed by atoms with E-state index in [9.17, 15) is 0 Å². The van der Waals surface area contributed by atoms with Crippen molar-refractivity contribution in [3.63, 3.8) is 0 Å². The minimum absolute atomic E-state index is 1.07. The third kappa shape index (κ3) is 0.797. The third-order valence-corrected chi connectivity index (χ3v) is 6.39. The summed E-state index contributed by atoms with van der Waals surface area (Å²) < 4.78 is 0. The summed E-state index contributed by atoms with van der Waals surface area (Å²) in [7, 11) is 0. The lowest BCUT2D eigenvalue weighted by Gasteiger charge is -2.50. The smallest absolute Gasteiger partial charge is 0.0138 e. The first-order chi connectivity index (χ1) is 7.43. The van der Waals surface area contributed by atoms with E-state index in [1.165, 1.54) is 31.1 Å². The molecule has 0 spiro atoms. The van der Waals surface area contributed by atoms with Gasteiger partial charge in [0.2, 0.25) is 0 Å². The van der Waals surface area contributed by atoms with E-state index < -0.39 is 0 Å². The summed E-state index contributed by atoms with van der Waals surface area (Å²) in [5.74, 6) is 6.86. The van der Waals surface area contributed by atoms with Crippen molar-refractivity contribution in [1.29, 1.82) is 0 Å². The molecule has 0 aromatic carbocycles. The molecule has 6 atom stereocenters. The highest BCUT2D eigenvalue weighted by Crippen LogP contribution is 2.74. The van der Waals surface area contributed by atoms with Gasteiger partial charge in [-0.25, -0.2) is 0 Å². The van der Waals surface area contributed by atoms with Gasteiger partial charge in [0.05, 0.1) is 0 Å². The van der Waals surface area contributed by atoms with E-state index in [4.69, 9.17) is 0 Å². The van der Waals surface area contributed by atoms with Gasteiger partial charge in [0, 0.05) is 0 Å². The Hall–Kier alpha value is -0.260. The molecule has 0 saturated heterocycles. The summed E-state index contributed by atoms with van der Waals surface area (Å²) in [6.07, 6.45) is 10.9. The van der Waals surface area contributed by atoms with Crippen LogP contribution in [0, 0.1) is 35.5 Å². The van der Waals surface area contributed by atoms with Crippen LogP contribution in [0.4, 0.5) is 0 Å². The van der Waals surface area contributed by atoms with Crippen LogP contribution in [-0.2, 0) is 0 Å². The summed E-state index contributed by atoms with van der Waals surface area (Å²) in [5, 5.41) is 0. The van der Waals surface area contributed by atoms with Crippen molar-refractivity contribution in [2.45, 2.75) is 44.9 Å². The number of allylic oxidation sites excluding steroid dienone is 2. The Labute approximate surface area is 92.1 Å². The van der Waals surface area contributed by atoms with Crippen molar-refractivity contribution in [3.8, 4) is 0 Å². The Morgan fingerprint density at radius 3 is 2.93 bits per heavy atom. The molecule has 4 saturated carbocycles. The highest BCUT2D eigenvalue weighted by atomic mass is 14.7. The van der Waals surface area contributed by atoms with Gasteiger partial charge in [-0.2, -0.15) is 0 Å². The van der Waals surface area contributed by atoms with Crippen molar-refractivity contribution in [3.05, 3.63) is 11.1 Å². The molecule has 0 aliphatic heterocycles. The molecule has 0 N–H and O–H groups in total. The highest BCUT2D eigenvalue weighted by Gasteiger charge is 2.65. The Morgan fingerprint density at radius 1 is 0.933 bits per heavy atom. The minimum atomic E-state index is 1.07. The first-order valence-corrected chi connectivity index (χ1v) is 7.16. The second-order valence-corrected chi connectivity index (χ2v) is 6.85. The monoisotopic (exact) mass is 200 g/mol. The van der Waals surface area contributed by atoms with Gasteiger partial charge >= 0.3 is 0 Å². The van der Waals surface area contributed by atoms with Crippen LogP contribution in [0.5, 0.6) is 0 Å². The first-order valence-electron chi connectivity index (χ1n) is 7.16. The molecule has 0 heterocycles. The zero-order valence-corrected chi connectivity index (χ0v) is 9.41. The largest absolute Gasteiger partial charge is 0.0673 e. The average molecular weight is 200 g/mol. The highest BCUT2D eigenvalue weighted by molar-refractivity contribution is 5.40. The summed E-state index contributed by atoms with van der Waals surface area (Å²) in [4.78, 5) is 0. The molecule has 6 unspecified atom stereocenters. The van der Waals surface area contributed by atoms with Crippen LogP contribution in [0.25, 0.3) is 0 Å². The summed E-state index contributed by atoms with van der Waals surface area (Å²) >= 11 is 0. The lowest BCUT2D eigenvalue weighted by atomic mass is 9.54. The molecular formula is C15H20. The fraction of sp³-hybridized carbons (Fsp3) is 0.867. The third-order valence-electron chi connectivity index (χ3n) is 6.39. The van der Waals surface area contributed by atoms with Gasteiger partial charge in [0.15, 0.2) is 0 Å². The molecule has 5 aliphatic carbocycles. The van der Waals surface area contributed by atoms with Crippen LogP contribution in [0.2, 0.25) is 0 Å². The molecular weight excluding hydrogens is 180 g/mol. The lowest BCUT2D eigenvalue weighted by Crippen LogP contribution is -2.41. The Morgan fingerprint density at radius 2 is 1.93 bits per heavy atom. The van der Waals surface area contributed by atoms with Crippen LogP contribution in [0.15, 0.2) is 11.1 Å². The second-order valence-electron chi connectivity index (χ2n) is 6.85. The summed E-state index contributed by atoms with van der Waals surface area (Å²) in [5.41, 5.74) is 4.08. The van der Waals surface area contributed by atoms with Gasteiger partial charge in [0.25, 0.3) is 0 Å². The maximum absolute atomic E-state index is 2.07. The van der Waals surface area contributed by atoms with Crippen LogP contribution >= 0.6 is 0 Å². The average Bonchev–Trinajstić information content (AvgIpc) is 2.95. The van der Waals surface area contributed by atoms with E-state index >= 15 is 0 Å². The van der Waals surface area contributed by atoms with Gasteiger partial charge in [0.1, 0.15) is 0 Å². The molecule has 0 nitrogen and oxygen atoms in total. The molecule has 0 aromatic rings. The summed E-state index contributed by atoms with van der Waals surface area (Å²) in [6, 6.07) is 0. The van der Waals surface area contributed by atoms with E-state index in [-0.39, 0.29) is 0 Å². The van der Waals surface area contributed by atoms with Gasteiger partial charge in [-0.05, 0) is 74.0 Å². The molecule has 0 bridgehead atoms. The molecule has 5 rings (SSSR count). The molecule has 80 valence electrons. The topological polar surface area (TPSA) is 0 Å². The number of fused-ring (bicyclic) bond motifs is 4. The van der Waals surface area contributed by atoms with E-state index in [1.807, 2.05) is 5.57 Å². The van der Waals surface area contributed by atoms with Crippen LogP contribution in [0.3, 0.4) is 0 Å². The van der Waals surface area contributed by atoms with Crippen molar-refractivity contribution < 1.29 is 0 Å². The van der Waals surface area contributed by atoms with E-state index in [2.05, 4.69) is 5.57 Å². The SMILES string of the molecule is C1CCC2CC3CC4C5CC5C(=C2C1)C34. The van der Waals surface area contributed by atoms with E-state index in [1.54, 1.807) is 25.7 Å². The van der Waals surface area contributed by atoms with Gasteiger partial charge in [-0.15, -0.1) is 0 Å². The van der Waals surface area contributed by atoms with Crippen LogP contribution in [0.1, 0.15) is 44.9 Å². The lowest BCUT2D eigenvalue weighted by molar-refractivity contribution is 0.0673. The fourth-order valence-corrected chi connectivity index (χ4v) is 5.80. The maximum Gasteiger partial charge on any atom is -0.0138 e. The summed E-state index contributed by atoms with van der Waals surface area (Å²) in [6.45, 7) is 0. The van der Waals surface area contributed by atoms with Gasteiger partial charge in [-0.1, -0.05) is 17.6 Å². The predicted molar refractivity (Wildman–Crippen MR) is 60.3 cm³/mol. The standard InChI is InChI=1S/C15H20/c1-2-4-10-8(3-1)5-9-6-12-11-7-13(11)15(10)14(9)12/h8-9,11-14H,1-7H2. The van der Waals surface area contributed by atoms with E-state index in [0.29, 0.717) is 0 Å².